The van der Waals surface area contributed by atoms with Crippen LogP contribution >= 0.6 is 27.7 Å². The molecule has 0 aliphatic heterocycles. The van der Waals surface area contributed by atoms with Crippen molar-refractivity contribution in [1.29, 1.82) is 0 Å². The number of hydrogen-bond acceptors (Lipinski definition) is 6. The second kappa shape index (κ2) is 14.0. The molecule has 5 nitrogen and oxygen atoms in total. The van der Waals surface area contributed by atoms with Crippen molar-refractivity contribution in [3.8, 4) is 23.0 Å². The molecule has 0 saturated heterocycles. The third-order valence-corrected chi connectivity index (χ3v) is 9.56. The molecule has 0 aliphatic carbocycles. The standard InChI is InChI=1S/C28H28O5P2S/c29-35(32-27-17-9-3-10-18-27,33-28-19-11-4-12-20-28)22-24-36-23-21-34(30-25-13-5-1-6-14-25)31-26-15-7-2-8-16-26/h1-20H,21-24H2. The van der Waals surface area contributed by atoms with Gasteiger partial charge in [-0.3, -0.25) is 0 Å². The molecule has 0 bridgehead atoms. The summed E-state index contributed by atoms with van der Waals surface area (Å²) in [5.41, 5.74) is 0. The average Bonchev–Trinajstić information content (AvgIpc) is 2.91. The molecule has 0 aromatic heterocycles. The average molecular weight is 539 g/mol. The first-order valence-electron chi connectivity index (χ1n) is 11.6. The molecule has 8 heteroatoms. The van der Waals surface area contributed by atoms with Crippen molar-refractivity contribution < 1.29 is 22.7 Å². The van der Waals surface area contributed by atoms with E-state index in [1.165, 1.54) is 0 Å². The van der Waals surface area contributed by atoms with Crippen LogP contribution in [0, 0.1) is 0 Å². The van der Waals surface area contributed by atoms with Crippen LogP contribution in [0.1, 0.15) is 0 Å². The van der Waals surface area contributed by atoms with Gasteiger partial charge in [-0.25, -0.2) is 4.57 Å². The molecule has 4 aromatic carbocycles. The highest BCUT2D eigenvalue weighted by Crippen LogP contribution is 2.49. The van der Waals surface area contributed by atoms with Gasteiger partial charge in [0.15, 0.2) is 0 Å². The number of thioether (sulfide) groups is 1. The quantitative estimate of drug-likeness (QED) is 0.118. The molecule has 0 spiro atoms. The molecule has 4 rings (SSSR count). The lowest BCUT2D eigenvalue weighted by molar-refractivity contribution is 0.388. The Bertz CT molecular complexity index is 1110. The Kier molecular flexibility index (Phi) is 10.2. The Labute approximate surface area is 218 Å². The summed E-state index contributed by atoms with van der Waals surface area (Å²) in [5, 5.41) is 0. The van der Waals surface area contributed by atoms with Crippen LogP contribution in [0.2, 0.25) is 0 Å². The van der Waals surface area contributed by atoms with E-state index in [2.05, 4.69) is 0 Å². The van der Waals surface area contributed by atoms with Gasteiger partial charge >= 0.3 is 7.60 Å². The van der Waals surface area contributed by atoms with Crippen LogP contribution in [0.4, 0.5) is 0 Å². The minimum Gasteiger partial charge on any atom is -0.439 e. The first-order valence-corrected chi connectivity index (χ1v) is 15.8. The summed E-state index contributed by atoms with van der Waals surface area (Å²) in [7, 11) is -4.60. The topological polar surface area (TPSA) is 54.0 Å². The number of rotatable bonds is 14. The fraction of sp³-hybridized carbons (Fsp3) is 0.143. The Morgan fingerprint density at radius 1 is 0.556 bits per heavy atom. The van der Waals surface area contributed by atoms with E-state index >= 15 is 0 Å². The zero-order valence-electron chi connectivity index (χ0n) is 19.7. The van der Waals surface area contributed by atoms with Crippen LogP contribution < -0.4 is 18.1 Å². The van der Waals surface area contributed by atoms with Crippen molar-refractivity contribution in [2.45, 2.75) is 0 Å². The van der Waals surface area contributed by atoms with E-state index in [0.29, 0.717) is 23.4 Å². The maximum atomic E-state index is 13.6. The SMILES string of the molecule is O=P(CCSCCP(Oc1ccccc1)Oc1ccccc1)(Oc1ccccc1)Oc1ccccc1. The third kappa shape index (κ3) is 8.95. The molecule has 0 unspecified atom stereocenters. The Hall–Kier alpha value is -2.91. The van der Waals surface area contributed by atoms with Crippen molar-refractivity contribution in [3.63, 3.8) is 0 Å². The predicted octanol–water partition coefficient (Wildman–Crippen LogP) is 8.54. The summed E-state index contributed by atoms with van der Waals surface area (Å²) in [6, 6.07) is 37.7. The van der Waals surface area contributed by atoms with Gasteiger partial charge in [-0.15, -0.1) is 0 Å². The summed E-state index contributed by atoms with van der Waals surface area (Å²) in [6.07, 6.45) is 0.992. The van der Waals surface area contributed by atoms with E-state index in [0.717, 1.165) is 17.3 Å². The number of para-hydroxylation sites is 4. The summed E-state index contributed by atoms with van der Waals surface area (Å²) >= 11 is 1.67. The molecule has 36 heavy (non-hydrogen) atoms. The van der Waals surface area contributed by atoms with Gasteiger partial charge in [-0.1, -0.05) is 72.8 Å². The molecule has 0 fully saturated rings. The molecule has 0 aliphatic rings. The van der Waals surface area contributed by atoms with Crippen molar-refractivity contribution >= 4 is 27.7 Å². The van der Waals surface area contributed by atoms with Crippen LogP contribution in [0.25, 0.3) is 0 Å². The molecule has 0 radical (unpaired) electrons. The molecule has 0 saturated carbocycles. The maximum Gasteiger partial charge on any atom is 0.431 e. The smallest absolute Gasteiger partial charge is 0.431 e. The van der Waals surface area contributed by atoms with Gasteiger partial charge < -0.3 is 18.1 Å². The highest BCUT2D eigenvalue weighted by Gasteiger charge is 2.28. The minimum absolute atomic E-state index is 0.276. The molecule has 0 N–H and O–H groups in total. The van der Waals surface area contributed by atoms with Crippen molar-refractivity contribution in [1.82, 2.24) is 0 Å². The van der Waals surface area contributed by atoms with Gasteiger partial charge in [-0.2, -0.15) is 11.8 Å². The second-order valence-electron chi connectivity index (χ2n) is 7.62. The van der Waals surface area contributed by atoms with E-state index in [1.807, 2.05) is 97.1 Å². The summed E-state index contributed by atoms with van der Waals surface area (Å²) in [4.78, 5) is 0. The predicted molar refractivity (Wildman–Crippen MR) is 150 cm³/mol. The molecular weight excluding hydrogens is 510 g/mol. The van der Waals surface area contributed by atoms with Gasteiger partial charge in [0.1, 0.15) is 23.0 Å². The Morgan fingerprint density at radius 2 is 0.944 bits per heavy atom. The monoisotopic (exact) mass is 538 g/mol. The van der Waals surface area contributed by atoms with Crippen molar-refractivity contribution in [2.24, 2.45) is 0 Å². The summed E-state index contributed by atoms with van der Waals surface area (Å²) in [5.74, 6) is 4.00. The van der Waals surface area contributed by atoms with Crippen LogP contribution in [0.5, 0.6) is 23.0 Å². The molecular formula is C28H28O5P2S. The minimum atomic E-state index is -3.41. The molecule has 0 heterocycles. The van der Waals surface area contributed by atoms with E-state index in [9.17, 15) is 4.57 Å². The van der Waals surface area contributed by atoms with Crippen LogP contribution in [-0.4, -0.2) is 23.8 Å². The summed E-state index contributed by atoms with van der Waals surface area (Å²) in [6.45, 7) is 0. The van der Waals surface area contributed by atoms with Crippen molar-refractivity contribution in [3.05, 3.63) is 121 Å². The number of hydrogen-bond donors (Lipinski definition) is 0. The zero-order valence-corrected chi connectivity index (χ0v) is 22.3. The summed E-state index contributed by atoms with van der Waals surface area (Å²) < 4.78 is 37.7. The van der Waals surface area contributed by atoms with E-state index in [4.69, 9.17) is 18.1 Å². The van der Waals surface area contributed by atoms with Gasteiger partial charge in [0, 0.05) is 11.5 Å². The van der Waals surface area contributed by atoms with E-state index < -0.39 is 16.0 Å². The van der Waals surface area contributed by atoms with E-state index in [1.54, 1.807) is 36.0 Å². The second-order valence-corrected chi connectivity index (χ2v) is 12.4. The number of benzene rings is 4. The lowest BCUT2D eigenvalue weighted by Crippen LogP contribution is -2.08. The fourth-order valence-corrected chi connectivity index (χ4v) is 7.89. The Balaban J connectivity index is 1.33. The largest absolute Gasteiger partial charge is 0.439 e. The van der Waals surface area contributed by atoms with E-state index in [-0.39, 0.29) is 6.16 Å². The third-order valence-electron chi connectivity index (χ3n) is 4.80. The molecule has 186 valence electrons. The molecule has 0 atom stereocenters. The van der Waals surface area contributed by atoms with Crippen LogP contribution in [0.3, 0.4) is 0 Å². The fourth-order valence-electron chi connectivity index (χ4n) is 3.12. The van der Waals surface area contributed by atoms with Gasteiger partial charge in [0.25, 0.3) is 8.38 Å². The van der Waals surface area contributed by atoms with Gasteiger partial charge in [-0.05, 0) is 48.5 Å². The highest BCUT2D eigenvalue weighted by molar-refractivity contribution is 7.99. The lowest BCUT2D eigenvalue weighted by atomic mass is 10.3. The zero-order chi connectivity index (χ0) is 24.9. The molecule has 0 amide bonds. The Morgan fingerprint density at radius 3 is 1.36 bits per heavy atom. The first-order chi connectivity index (χ1) is 17.7. The lowest BCUT2D eigenvalue weighted by Gasteiger charge is -2.20. The highest BCUT2D eigenvalue weighted by atomic mass is 32.2. The maximum absolute atomic E-state index is 13.6. The van der Waals surface area contributed by atoms with Crippen molar-refractivity contribution in [2.75, 3.05) is 23.8 Å². The normalized spacial score (nSPS) is 11.1. The molecule has 4 aromatic rings. The van der Waals surface area contributed by atoms with Gasteiger partial charge in [0.05, 0.1) is 12.3 Å². The van der Waals surface area contributed by atoms with Gasteiger partial charge in [0.2, 0.25) is 0 Å². The van der Waals surface area contributed by atoms with Crippen LogP contribution in [0.15, 0.2) is 121 Å². The van der Waals surface area contributed by atoms with Crippen LogP contribution in [-0.2, 0) is 4.57 Å². The first kappa shape index (κ1) is 26.2.